The van der Waals surface area contributed by atoms with Gasteiger partial charge in [0.15, 0.2) is 0 Å². The topological polar surface area (TPSA) is 113 Å². The Balaban J connectivity index is 0.00000341. The van der Waals surface area contributed by atoms with E-state index in [9.17, 15) is 22.6 Å². The van der Waals surface area contributed by atoms with Crippen LogP contribution < -0.4 is 39.2 Å². The Kier molecular flexibility index (Phi) is 7.85. The minimum atomic E-state index is -4.79. The van der Waals surface area contributed by atoms with Gasteiger partial charge in [-0.05, 0) is 36.8 Å². The second-order valence-corrected chi connectivity index (χ2v) is 7.69. The molecule has 0 aliphatic carbocycles. The number of carbonyl (C=O) groups excluding carboxylic acids is 2. The molecule has 3 rings (SSSR count). The molecule has 0 saturated carbocycles. The summed E-state index contributed by atoms with van der Waals surface area (Å²) in [6, 6.07) is 12.1. The fourth-order valence-electron chi connectivity index (χ4n) is 3.22. The van der Waals surface area contributed by atoms with Crippen molar-refractivity contribution < 1.29 is 61.6 Å². The quantitative estimate of drug-likeness (QED) is 0.260. The molecule has 0 atom stereocenters. The summed E-state index contributed by atoms with van der Waals surface area (Å²) in [6.07, 6.45) is 1.21. The van der Waals surface area contributed by atoms with Crippen LogP contribution in [0, 0.1) is 0 Å². The summed E-state index contributed by atoms with van der Waals surface area (Å²) < 4.78 is 44.8. The van der Waals surface area contributed by atoms with Crippen LogP contribution in [0.5, 0.6) is 5.75 Å². The predicted molar refractivity (Wildman–Crippen MR) is 108 cm³/mol. The number of esters is 1. The minimum Gasteiger partial charge on any atom is -0.744 e. The molecular formula is C21H18NNaO7S. The van der Waals surface area contributed by atoms with Gasteiger partial charge in [0.1, 0.15) is 15.9 Å². The van der Waals surface area contributed by atoms with E-state index in [4.69, 9.17) is 9.47 Å². The molecule has 0 N–H and O–H groups in total. The van der Waals surface area contributed by atoms with Gasteiger partial charge in [0.25, 0.3) is 5.91 Å². The molecule has 0 spiro atoms. The standard InChI is InChI=1S/C21H19NO7S.Na/c1-13-19(21(24)29-3)17(11-14-7-4-5-10-18(14)30(25,26)27)20(23)22(13)15-8-6-9-16(12-15)28-2;/h4-12H,1-3H3,(H,25,26,27);/q;+1/p-1/b17-11-;. The SMILES string of the molecule is COC(=O)C1=C(C)N(c2cccc(OC)c2)C(=O)/C1=C\c1ccccc1S(=O)(=O)[O-].[Na+]. The summed E-state index contributed by atoms with van der Waals surface area (Å²) in [6.45, 7) is 1.57. The third-order valence-electron chi connectivity index (χ3n) is 4.59. The molecular weight excluding hydrogens is 433 g/mol. The number of methoxy groups -OCH3 is 2. The number of ether oxygens (including phenoxy) is 2. The Labute approximate surface area is 202 Å². The van der Waals surface area contributed by atoms with E-state index < -0.39 is 26.9 Å². The number of anilines is 1. The van der Waals surface area contributed by atoms with Gasteiger partial charge in [-0.25, -0.2) is 13.2 Å². The monoisotopic (exact) mass is 451 g/mol. The number of allylic oxidation sites excluding steroid dienone is 1. The van der Waals surface area contributed by atoms with E-state index in [0.29, 0.717) is 17.1 Å². The summed E-state index contributed by atoms with van der Waals surface area (Å²) in [5.41, 5.74) is 0.638. The van der Waals surface area contributed by atoms with E-state index >= 15 is 0 Å². The molecule has 0 unspecified atom stereocenters. The Morgan fingerprint density at radius 2 is 1.77 bits per heavy atom. The van der Waals surface area contributed by atoms with Crippen molar-refractivity contribution in [3.05, 3.63) is 70.9 Å². The Hall–Kier alpha value is -2.43. The molecule has 8 nitrogen and oxygen atoms in total. The van der Waals surface area contributed by atoms with Crippen LogP contribution in [-0.2, 0) is 24.4 Å². The average Bonchev–Trinajstić information content (AvgIpc) is 2.96. The van der Waals surface area contributed by atoms with Crippen molar-refractivity contribution in [1.29, 1.82) is 0 Å². The zero-order valence-electron chi connectivity index (χ0n) is 17.4. The van der Waals surface area contributed by atoms with Crippen molar-refractivity contribution in [2.24, 2.45) is 0 Å². The molecule has 31 heavy (non-hydrogen) atoms. The van der Waals surface area contributed by atoms with Gasteiger partial charge >= 0.3 is 35.5 Å². The maximum Gasteiger partial charge on any atom is 1.00 e. The van der Waals surface area contributed by atoms with E-state index in [1.807, 2.05) is 0 Å². The zero-order chi connectivity index (χ0) is 22.1. The summed E-state index contributed by atoms with van der Waals surface area (Å²) in [7, 11) is -2.13. The zero-order valence-corrected chi connectivity index (χ0v) is 20.2. The largest absolute Gasteiger partial charge is 1.00 e. The molecule has 0 bridgehead atoms. The number of amides is 1. The van der Waals surface area contributed by atoms with Crippen LogP contribution >= 0.6 is 0 Å². The van der Waals surface area contributed by atoms with Crippen molar-refractivity contribution >= 4 is 33.8 Å². The third kappa shape index (κ3) is 4.91. The first-order chi connectivity index (χ1) is 14.2. The summed E-state index contributed by atoms with van der Waals surface area (Å²) >= 11 is 0. The van der Waals surface area contributed by atoms with Gasteiger partial charge in [0, 0.05) is 11.8 Å². The average molecular weight is 451 g/mol. The number of hydrogen-bond acceptors (Lipinski definition) is 7. The van der Waals surface area contributed by atoms with E-state index in [0.717, 1.165) is 6.07 Å². The van der Waals surface area contributed by atoms with E-state index in [2.05, 4.69) is 0 Å². The number of hydrogen-bond donors (Lipinski definition) is 0. The molecule has 156 valence electrons. The van der Waals surface area contributed by atoms with Gasteiger partial charge in [-0.15, -0.1) is 0 Å². The molecule has 0 aromatic heterocycles. The van der Waals surface area contributed by atoms with Crippen molar-refractivity contribution in [2.75, 3.05) is 19.1 Å². The number of nitrogens with zero attached hydrogens (tertiary/aromatic N) is 1. The first kappa shape index (κ1) is 24.8. The summed E-state index contributed by atoms with van der Waals surface area (Å²) in [5, 5.41) is 0. The summed E-state index contributed by atoms with van der Waals surface area (Å²) in [4.78, 5) is 26.5. The molecule has 0 fully saturated rings. The Morgan fingerprint density at radius 1 is 1.10 bits per heavy atom. The first-order valence-electron chi connectivity index (χ1n) is 8.73. The maximum atomic E-state index is 13.3. The maximum absolute atomic E-state index is 13.3. The second kappa shape index (κ2) is 9.80. The van der Waals surface area contributed by atoms with Crippen LogP contribution in [0.4, 0.5) is 5.69 Å². The minimum absolute atomic E-state index is 0. The van der Waals surface area contributed by atoms with Gasteiger partial charge in [-0.3, -0.25) is 9.69 Å². The van der Waals surface area contributed by atoms with Crippen LogP contribution in [0.1, 0.15) is 12.5 Å². The molecule has 0 radical (unpaired) electrons. The number of benzene rings is 2. The second-order valence-electron chi connectivity index (χ2n) is 6.34. The normalized spacial score (nSPS) is 15.2. The van der Waals surface area contributed by atoms with Crippen molar-refractivity contribution in [3.8, 4) is 5.75 Å². The molecule has 1 aliphatic rings. The van der Waals surface area contributed by atoms with Crippen molar-refractivity contribution in [1.82, 2.24) is 0 Å². The van der Waals surface area contributed by atoms with Gasteiger partial charge in [-0.2, -0.15) is 0 Å². The van der Waals surface area contributed by atoms with Crippen LogP contribution in [0.3, 0.4) is 0 Å². The molecule has 10 heteroatoms. The van der Waals surface area contributed by atoms with Gasteiger partial charge < -0.3 is 14.0 Å². The first-order valence-corrected chi connectivity index (χ1v) is 10.1. The van der Waals surface area contributed by atoms with Crippen molar-refractivity contribution in [2.45, 2.75) is 11.8 Å². The van der Waals surface area contributed by atoms with Crippen LogP contribution in [0.15, 0.2) is 70.3 Å². The molecule has 2 aromatic rings. The molecule has 1 amide bonds. The van der Waals surface area contributed by atoms with E-state index in [1.54, 1.807) is 31.2 Å². The van der Waals surface area contributed by atoms with Crippen molar-refractivity contribution in [3.63, 3.8) is 0 Å². The Morgan fingerprint density at radius 3 is 2.39 bits per heavy atom. The van der Waals surface area contributed by atoms with Crippen LogP contribution in [-0.4, -0.2) is 39.1 Å². The molecule has 2 aromatic carbocycles. The smallest absolute Gasteiger partial charge is 0.744 e. The van der Waals surface area contributed by atoms with Crippen LogP contribution in [0.25, 0.3) is 6.08 Å². The third-order valence-corrected chi connectivity index (χ3v) is 5.50. The molecule has 1 aliphatic heterocycles. The predicted octanol–water partition coefficient (Wildman–Crippen LogP) is -0.519. The Bertz CT molecular complexity index is 1200. The number of rotatable bonds is 5. The fourth-order valence-corrected chi connectivity index (χ4v) is 3.88. The fraction of sp³-hybridized carbons (Fsp3) is 0.143. The van der Waals surface area contributed by atoms with Gasteiger partial charge in [0.05, 0.1) is 35.9 Å². The van der Waals surface area contributed by atoms with Gasteiger partial charge in [-0.1, -0.05) is 24.3 Å². The van der Waals surface area contributed by atoms with Crippen LogP contribution in [0.2, 0.25) is 0 Å². The summed E-state index contributed by atoms with van der Waals surface area (Å²) in [5.74, 6) is -0.827. The van der Waals surface area contributed by atoms with Gasteiger partial charge in [0.2, 0.25) is 0 Å². The number of carbonyl (C=O) groups is 2. The van der Waals surface area contributed by atoms with E-state index in [1.165, 1.54) is 43.4 Å². The van der Waals surface area contributed by atoms with E-state index in [-0.39, 0.29) is 46.3 Å². The molecule has 1 heterocycles. The molecule has 0 saturated heterocycles.